The number of sulfonamides is 1. The molecule has 2 aromatic carbocycles. The molecule has 2 amide bonds. The number of primary sulfonamides is 1. The Morgan fingerprint density at radius 2 is 1.77 bits per heavy atom. The molecule has 0 aliphatic carbocycles. The van der Waals surface area contributed by atoms with E-state index in [1.807, 2.05) is 0 Å². The van der Waals surface area contributed by atoms with E-state index in [4.69, 9.17) is 9.88 Å². The third-order valence-electron chi connectivity index (χ3n) is 4.71. The third-order valence-corrected chi connectivity index (χ3v) is 5.64. The van der Waals surface area contributed by atoms with Gasteiger partial charge in [0.1, 0.15) is 6.54 Å². The van der Waals surface area contributed by atoms with Gasteiger partial charge in [0.2, 0.25) is 15.9 Å². The maximum absolute atomic E-state index is 12.7. The quantitative estimate of drug-likeness (QED) is 0.463. The SMILES string of the molecule is CCOC(=O)c1ccc(N2C(=O)C[C@@H]([NH2+]Cc3ccc(S(N)(=O)=O)cc3)C2=O)cc1. The number of hydrogen-bond acceptors (Lipinski definition) is 6. The number of carbonyl (C=O) groups excluding carboxylic acids is 3. The maximum atomic E-state index is 12.7. The Hall–Kier alpha value is -3.08. The molecule has 0 unspecified atom stereocenters. The zero-order valence-electron chi connectivity index (χ0n) is 16.3. The fourth-order valence-corrected chi connectivity index (χ4v) is 3.68. The van der Waals surface area contributed by atoms with Crippen molar-refractivity contribution in [2.24, 2.45) is 5.14 Å². The van der Waals surface area contributed by atoms with Crippen LogP contribution < -0.4 is 15.4 Å². The lowest BCUT2D eigenvalue weighted by molar-refractivity contribution is -0.690. The number of ether oxygens (including phenoxy) is 1. The van der Waals surface area contributed by atoms with Gasteiger partial charge in [-0.2, -0.15) is 0 Å². The summed E-state index contributed by atoms with van der Waals surface area (Å²) in [4.78, 5) is 38.0. The molecule has 0 radical (unpaired) electrons. The molecule has 0 saturated carbocycles. The number of quaternary nitrogens is 1. The van der Waals surface area contributed by atoms with Crippen molar-refractivity contribution in [3.8, 4) is 0 Å². The van der Waals surface area contributed by atoms with E-state index >= 15 is 0 Å². The average Bonchev–Trinajstić information content (AvgIpc) is 2.99. The number of imide groups is 1. The summed E-state index contributed by atoms with van der Waals surface area (Å²) in [6.07, 6.45) is 0.0493. The van der Waals surface area contributed by atoms with Gasteiger partial charge in [-0.15, -0.1) is 0 Å². The predicted octanol–water partition coefficient (Wildman–Crippen LogP) is -0.0938. The second-order valence-electron chi connectivity index (χ2n) is 6.77. The number of hydrogen-bond donors (Lipinski definition) is 2. The Balaban J connectivity index is 1.65. The second-order valence-corrected chi connectivity index (χ2v) is 8.34. The highest BCUT2D eigenvalue weighted by molar-refractivity contribution is 7.89. The fourth-order valence-electron chi connectivity index (χ4n) is 3.17. The molecule has 1 saturated heterocycles. The average molecular weight is 432 g/mol. The minimum absolute atomic E-state index is 0.0100. The molecule has 1 atom stereocenters. The minimum atomic E-state index is -3.76. The Kier molecular flexibility index (Phi) is 6.30. The highest BCUT2D eigenvalue weighted by Gasteiger charge is 2.42. The molecule has 9 nitrogen and oxygen atoms in total. The van der Waals surface area contributed by atoms with E-state index in [1.165, 1.54) is 36.4 Å². The lowest BCUT2D eigenvalue weighted by atomic mass is 10.2. The lowest BCUT2D eigenvalue weighted by Crippen LogP contribution is -2.90. The van der Waals surface area contributed by atoms with E-state index < -0.39 is 22.0 Å². The summed E-state index contributed by atoms with van der Waals surface area (Å²) in [5.74, 6) is -1.14. The first kappa shape index (κ1) is 21.6. The van der Waals surface area contributed by atoms with Gasteiger partial charge < -0.3 is 10.1 Å². The normalized spacial score (nSPS) is 16.7. The Bertz CT molecular complexity index is 1060. The standard InChI is InChI=1S/C20H21N3O6S/c1-2-29-20(26)14-5-7-15(8-6-14)23-18(24)11-17(19(23)25)22-12-13-3-9-16(10-4-13)30(21,27)28/h3-10,17,22H,2,11-12H2,1H3,(H2,21,27,28)/p+1/t17-/m1/s1. The van der Waals surface area contributed by atoms with Crippen molar-refractivity contribution in [2.75, 3.05) is 11.5 Å². The van der Waals surface area contributed by atoms with Crippen molar-refractivity contribution in [3.63, 3.8) is 0 Å². The summed E-state index contributed by atoms with van der Waals surface area (Å²) in [7, 11) is -3.76. The van der Waals surface area contributed by atoms with Crippen LogP contribution in [-0.2, 0) is 30.9 Å². The summed E-state index contributed by atoms with van der Waals surface area (Å²) >= 11 is 0. The number of esters is 1. The second kappa shape index (κ2) is 8.74. The van der Waals surface area contributed by atoms with Gasteiger partial charge in [-0.3, -0.25) is 9.59 Å². The van der Waals surface area contributed by atoms with Crippen LogP contribution in [0.1, 0.15) is 29.3 Å². The number of amides is 2. The molecule has 1 aliphatic heterocycles. The first-order chi connectivity index (χ1) is 14.2. The number of nitrogens with two attached hydrogens (primary N) is 2. The number of carbonyl (C=O) groups is 3. The predicted molar refractivity (Wildman–Crippen MR) is 107 cm³/mol. The van der Waals surface area contributed by atoms with Crippen molar-refractivity contribution in [2.45, 2.75) is 30.8 Å². The molecule has 1 heterocycles. The first-order valence-electron chi connectivity index (χ1n) is 9.29. The summed E-state index contributed by atoms with van der Waals surface area (Å²) in [6.45, 7) is 2.36. The van der Waals surface area contributed by atoms with Crippen molar-refractivity contribution in [3.05, 3.63) is 59.7 Å². The maximum Gasteiger partial charge on any atom is 0.338 e. The Labute approximate surface area is 173 Å². The minimum Gasteiger partial charge on any atom is -0.462 e. The van der Waals surface area contributed by atoms with Crippen LogP contribution in [0.3, 0.4) is 0 Å². The van der Waals surface area contributed by atoms with E-state index in [9.17, 15) is 22.8 Å². The van der Waals surface area contributed by atoms with Crippen molar-refractivity contribution in [1.29, 1.82) is 0 Å². The summed E-state index contributed by atoms with van der Waals surface area (Å²) < 4.78 is 27.5. The monoisotopic (exact) mass is 432 g/mol. The zero-order valence-corrected chi connectivity index (χ0v) is 17.1. The lowest BCUT2D eigenvalue weighted by Gasteiger charge is -2.14. The first-order valence-corrected chi connectivity index (χ1v) is 10.8. The van der Waals surface area contributed by atoms with Crippen LogP contribution in [0, 0.1) is 0 Å². The number of nitrogens with zero attached hydrogens (tertiary/aromatic N) is 1. The number of rotatable bonds is 7. The van der Waals surface area contributed by atoms with E-state index in [-0.39, 0.29) is 29.7 Å². The van der Waals surface area contributed by atoms with Crippen molar-refractivity contribution in [1.82, 2.24) is 0 Å². The van der Waals surface area contributed by atoms with Gasteiger partial charge in [-0.05, 0) is 43.3 Å². The van der Waals surface area contributed by atoms with Crippen LogP contribution in [-0.4, -0.2) is 38.9 Å². The summed E-state index contributed by atoms with van der Waals surface area (Å²) in [5.41, 5.74) is 1.53. The largest absolute Gasteiger partial charge is 0.462 e. The van der Waals surface area contributed by atoms with Crippen LogP contribution in [0.2, 0.25) is 0 Å². The molecular weight excluding hydrogens is 410 g/mol. The van der Waals surface area contributed by atoms with Crippen LogP contribution >= 0.6 is 0 Å². The highest BCUT2D eigenvalue weighted by atomic mass is 32.2. The highest BCUT2D eigenvalue weighted by Crippen LogP contribution is 2.22. The third kappa shape index (κ3) is 4.73. The summed E-state index contributed by atoms with van der Waals surface area (Å²) in [6, 6.07) is 11.5. The topological polar surface area (TPSA) is 140 Å². The zero-order chi connectivity index (χ0) is 21.9. The fraction of sp³-hybridized carbons (Fsp3) is 0.250. The molecular formula is C20H22N3O6S+. The van der Waals surface area contributed by atoms with Crippen LogP contribution in [0.15, 0.2) is 53.4 Å². The number of benzene rings is 2. The van der Waals surface area contributed by atoms with Crippen LogP contribution in [0.4, 0.5) is 5.69 Å². The van der Waals surface area contributed by atoms with Gasteiger partial charge in [0.05, 0.1) is 29.2 Å². The van der Waals surface area contributed by atoms with E-state index in [2.05, 4.69) is 0 Å². The molecule has 0 spiro atoms. The van der Waals surface area contributed by atoms with Gasteiger partial charge in [0.25, 0.3) is 5.91 Å². The van der Waals surface area contributed by atoms with Crippen molar-refractivity contribution >= 4 is 33.5 Å². The van der Waals surface area contributed by atoms with Crippen molar-refractivity contribution < 1.29 is 32.9 Å². The van der Waals surface area contributed by atoms with Gasteiger partial charge in [0, 0.05) is 5.56 Å². The van der Waals surface area contributed by atoms with E-state index in [0.717, 1.165) is 10.5 Å². The molecule has 158 valence electrons. The number of anilines is 1. The van der Waals surface area contributed by atoms with Gasteiger partial charge >= 0.3 is 5.97 Å². The smallest absolute Gasteiger partial charge is 0.338 e. The van der Waals surface area contributed by atoms with Gasteiger partial charge in [0.15, 0.2) is 6.04 Å². The van der Waals surface area contributed by atoms with Crippen LogP contribution in [0.5, 0.6) is 0 Å². The molecule has 3 rings (SSSR count). The Morgan fingerprint density at radius 3 is 2.33 bits per heavy atom. The van der Waals surface area contributed by atoms with Gasteiger partial charge in [-0.25, -0.2) is 23.3 Å². The molecule has 4 N–H and O–H groups in total. The molecule has 30 heavy (non-hydrogen) atoms. The summed E-state index contributed by atoms with van der Waals surface area (Å²) in [5, 5.41) is 6.81. The Morgan fingerprint density at radius 1 is 1.13 bits per heavy atom. The molecule has 10 heteroatoms. The van der Waals surface area contributed by atoms with E-state index in [0.29, 0.717) is 17.8 Å². The molecule has 0 bridgehead atoms. The molecule has 1 aliphatic rings. The van der Waals surface area contributed by atoms with Crippen LogP contribution in [0.25, 0.3) is 0 Å². The molecule has 2 aromatic rings. The molecule has 0 aromatic heterocycles. The van der Waals surface area contributed by atoms with E-state index in [1.54, 1.807) is 24.4 Å². The molecule has 1 fully saturated rings. The van der Waals surface area contributed by atoms with Gasteiger partial charge in [-0.1, -0.05) is 12.1 Å².